The van der Waals surface area contributed by atoms with Gasteiger partial charge in [0, 0.05) is 12.1 Å². The Morgan fingerprint density at radius 1 is 1.06 bits per heavy atom. The second-order valence-electron chi connectivity index (χ2n) is 9.50. The summed E-state index contributed by atoms with van der Waals surface area (Å²) in [5.41, 5.74) is 1.09. The van der Waals surface area contributed by atoms with E-state index in [0.717, 1.165) is 6.54 Å². The summed E-state index contributed by atoms with van der Waals surface area (Å²) in [6.07, 6.45) is 0.677. The zero-order valence-electron chi connectivity index (χ0n) is 21.9. The van der Waals surface area contributed by atoms with Crippen molar-refractivity contribution in [2.45, 2.75) is 26.3 Å². The molecule has 1 atom stereocenters. The van der Waals surface area contributed by atoms with Crippen LogP contribution in [0.5, 0.6) is 17.2 Å². The molecule has 1 heterocycles. The minimum Gasteiger partial charge on any atom is -0.507 e. The summed E-state index contributed by atoms with van der Waals surface area (Å²) in [5.74, 6) is 0.275. The molecule has 0 spiro atoms. The highest BCUT2D eigenvalue weighted by atomic mass is 16.5. The maximum absolute atomic E-state index is 13.3. The molecule has 3 rings (SSSR count). The lowest BCUT2D eigenvalue weighted by atomic mass is 9.95. The minimum absolute atomic E-state index is 0.0399. The van der Waals surface area contributed by atoms with Crippen LogP contribution in [0.2, 0.25) is 0 Å². The molecule has 8 heteroatoms. The molecule has 2 aromatic rings. The third-order valence-corrected chi connectivity index (χ3v) is 5.96. The summed E-state index contributed by atoms with van der Waals surface area (Å²) in [4.78, 5) is 30.0. The Morgan fingerprint density at radius 3 is 2.42 bits per heavy atom. The molecule has 1 aliphatic rings. The number of ketones is 1. The predicted octanol–water partition coefficient (Wildman–Crippen LogP) is 4.11. The highest BCUT2D eigenvalue weighted by Gasteiger charge is 2.46. The molecule has 1 amide bonds. The number of aliphatic hydroxyl groups excluding tert-OH is 1. The average molecular weight is 497 g/mol. The fourth-order valence-electron chi connectivity index (χ4n) is 4.19. The van der Waals surface area contributed by atoms with Crippen LogP contribution in [0.1, 0.15) is 37.4 Å². The molecule has 0 saturated carbocycles. The molecule has 194 valence electrons. The van der Waals surface area contributed by atoms with E-state index in [4.69, 9.17) is 14.2 Å². The van der Waals surface area contributed by atoms with Crippen LogP contribution in [-0.4, -0.2) is 74.6 Å². The van der Waals surface area contributed by atoms with Crippen molar-refractivity contribution < 1.29 is 28.9 Å². The van der Waals surface area contributed by atoms with Crippen LogP contribution in [0.3, 0.4) is 0 Å². The van der Waals surface area contributed by atoms with Gasteiger partial charge in [0.2, 0.25) is 0 Å². The number of hydrogen-bond acceptors (Lipinski definition) is 7. The van der Waals surface area contributed by atoms with Gasteiger partial charge >= 0.3 is 0 Å². The van der Waals surface area contributed by atoms with Crippen molar-refractivity contribution in [3.05, 3.63) is 59.2 Å². The van der Waals surface area contributed by atoms with E-state index in [1.165, 1.54) is 14.2 Å². The highest BCUT2D eigenvalue weighted by Crippen LogP contribution is 2.41. The maximum atomic E-state index is 13.3. The van der Waals surface area contributed by atoms with Gasteiger partial charge in [-0.25, -0.2) is 0 Å². The fraction of sp³-hybridized carbons (Fsp3) is 0.429. The molecule has 1 fully saturated rings. The number of benzene rings is 2. The number of methoxy groups -OCH3 is 2. The Kier molecular flexibility index (Phi) is 8.98. The fourth-order valence-corrected chi connectivity index (χ4v) is 4.19. The second kappa shape index (κ2) is 11.9. The first-order valence-electron chi connectivity index (χ1n) is 12.1. The molecular formula is C28H36N2O6. The van der Waals surface area contributed by atoms with Crippen molar-refractivity contribution in [1.82, 2.24) is 9.80 Å². The van der Waals surface area contributed by atoms with Gasteiger partial charge < -0.3 is 29.1 Å². The van der Waals surface area contributed by atoms with Crippen molar-refractivity contribution >= 4 is 17.4 Å². The first-order valence-corrected chi connectivity index (χ1v) is 12.1. The number of aliphatic hydroxyl groups is 1. The lowest BCUT2D eigenvalue weighted by molar-refractivity contribution is -0.139. The van der Waals surface area contributed by atoms with Crippen LogP contribution in [0, 0.1) is 5.92 Å². The van der Waals surface area contributed by atoms with E-state index in [1.54, 1.807) is 23.1 Å². The van der Waals surface area contributed by atoms with Gasteiger partial charge in [0.25, 0.3) is 11.7 Å². The molecule has 1 saturated heterocycles. The second-order valence-corrected chi connectivity index (χ2v) is 9.50. The molecule has 2 aromatic carbocycles. The summed E-state index contributed by atoms with van der Waals surface area (Å²) in [6, 6.07) is 11.5. The van der Waals surface area contributed by atoms with E-state index in [0.29, 0.717) is 53.9 Å². The number of rotatable bonds is 11. The van der Waals surface area contributed by atoms with Gasteiger partial charge in [-0.05, 0) is 68.9 Å². The molecule has 0 bridgehead atoms. The normalized spacial score (nSPS) is 17.2. The Bertz CT molecular complexity index is 1120. The third kappa shape index (κ3) is 5.99. The Balaban J connectivity index is 2.11. The number of Topliss-reactive ketones (excluding diaryl/α,β-unsaturated/α-hetero) is 1. The first kappa shape index (κ1) is 27.1. The number of amides is 1. The smallest absolute Gasteiger partial charge is 0.295 e. The van der Waals surface area contributed by atoms with Gasteiger partial charge in [0.05, 0.1) is 32.4 Å². The van der Waals surface area contributed by atoms with Crippen molar-refractivity contribution in [1.29, 1.82) is 0 Å². The third-order valence-electron chi connectivity index (χ3n) is 5.96. The van der Waals surface area contributed by atoms with Crippen molar-refractivity contribution in [3.8, 4) is 17.2 Å². The van der Waals surface area contributed by atoms with E-state index >= 15 is 0 Å². The standard InChI is InChI=1S/C28H36N2O6/c1-18(2)17-36-21-10-7-9-19(15-21)25-24(27(32)28(33)30(25)14-8-13-29(3)4)26(31)20-11-12-22(34-5)23(16-20)35-6/h7,9-12,15-16,18,25,31H,8,13-14,17H2,1-6H3/b26-24+. The monoisotopic (exact) mass is 496 g/mol. The van der Waals surface area contributed by atoms with Crippen molar-refractivity contribution in [2.24, 2.45) is 5.92 Å². The Labute approximate surface area is 213 Å². The quantitative estimate of drug-likeness (QED) is 0.285. The molecular weight excluding hydrogens is 460 g/mol. The minimum atomic E-state index is -0.747. The lowest BCUT2D eigenvalue weighted by Gasteiger charge is -2.26. The van der Waals surface area contributed by atoms with Crippen molar-refractivity contribution in [2.75, 3.05) is 48.0 Å². The van der Waals surface area contributed by atoms with Crippen LogP contribution in [0.25, 0.3) is 5.76 Å². The summed E-state index contributed by atoms with van der Waals surface area (Å²) in [7, 11) is 6.93. The number of carbonyl (C=O) groups is 2. The molecule has 8 nitrogen and oxygen atoms in total. The van der Waals surface area contributed by atoms with Crippen LogP contribution in [0.15, 0.2) is 48.0 Å². The largest absolute Gasteiger partial charge is 0.507 e. The molecule has 1 N–H and O–H groups in total. The van der Waals surface area contributed by atoms with Gasteiger partial charge in [0.15, 0.2) is 11.5 Å². The zero-order valence-corrected chi connectivity index (χ0v) is 21.9. The summed E-state index contributed by atoms with van der Waals surface area (Å²) in [6.45, 7) is 5.79. The number of hydrogen-bond donors (Lipinski definition) is 1. The van der Waals surface area contributed by atoms with Crippen LogP contribution < -0.4 is 14.2 Å². The Morgan fingerprint density at radius 2 is 1.78 bits per heavy atom. The van der Waals surface area contributed by atoms with Gasteiger partial charge in [-0.2, -0.15) is 0 Å². The molecule has 1 unspecified atom stereocenters. The number of carbonyl (C=O) groups excluding carboxylic acids is 2. The van der Waals surface area contributed by atoms with Gasteiger partial charge in [0.1, 0.15) is 11.5 Å². The lowest BCUT2D eigenvalue weighted by Crippen LogP contribution is -2.32. The number of ether oxygens (including phenoxy) is 3. The van der Waals surface area contributed by atoms with E-state index in [9.17, 15) is 14.7 Å². The van der Waals surface area contributed by atoms with Gasteiger partial charge in [-0.1, -0.05) is 26.0 Å². The molecule has 36 heavy (non-hydrogen) atoms. The average Bonchev–Trinajstić information content (AvgIpc) is 3.11. The van der Waals surface area contributed by atoms with Crippen LogP contribution in [0.4, 0.5) is 0 Å². The SMILES string of the molecule is COc1ccc(/C(O)=C2\C(=O)C(=O)N(CCCN(C)C)C2c2cccc(OCC(C)C)c2)cc1OC. The van der Waals surface area contributed by atoms with Gasteiger partial charge in [-0.3, -0.25) is 9.59 Å². The molecule has 0 radical (unpaired) electrons. The topological polar surface area (TPSA) is 88.5 Å². The molecule has 0 aliphatic carbocycles. The predicted molar refractivity (Wildman–Crippen MR) is 139 cm³/mol. The molecule has 0 aromatic heterocycles. The zero-order chi connectivity index (χ0) is 26.4. The van der Waals surface area contributed by atoms with E-state index in [1.807, 2.05) is 43.3 Å². The first-order chi connectivity index (χ1) is 17.2. The molecule has 1 aliphatic heterocycles. The summed E-state index contributed by atoms with van der Waals surface area (Å²) < 4.78 is 16.6. The van der Waals surface area contributed by atoms with E-state index < -0.39 is 17.7 Å². The van der Waals surface area contributed by atoms with Gasteiger partial charge in [-0.15, -0.1) is 0 Å². The summed E-state index contributed by atoms with van der Waals surface area (Å²) in [5, 5.41) is 11.3. The van der Waals surface area contributed by atoms with Crippen molar-refractivity contribution in [3.63, 3.8) is 0 Å². The van der Waals surface area contributed by atoms with E-state index in [2.05, 4.69) is 13.8 Å². The van der Waals surface area contributed by atoms with Crippen LogP contribution in [-0.2, 0) is 9.59 Å². The maximum Gasteiger partial charge on any atom is 0.295 e. The summed E-state index contributed by atoms with van der Waals surface area (Å²) >= 11 is 0. The number of nitrogens with zero attached hydrogens (tertiary/aromatic N) is 2. The van der Waals surface area contributed by atoms with Crippen LogP contribution >= 0.6 is 0 Å². The number of likely N-dealkylation sites (tertiary alicyclic amines) is 1. The van der Waals surface area contributed by atoms with E-state index in [-0.39, 0.29) is 11.3 Å². The Hall–Kier alpha value is -3.52. The highest BCUT2D eigenvalue weighted by molar-refractivity contribution is 6.46.